The fourth-order valence-corrected chi connectivity index (χ4v) is 2.63. The normalized spacial score (nSPS) is 12.4. The predicted octanol–water partition coefficient (Wildman–Crippen LogP) is 2.77. The van der Waals surface area contributed by atoms with Crippen molar-refractivity contribution in [2.24, 2.45) is 0 Å². The van der Waals surface area contributed by atoms with E-state index in [1.165, 1.54) is 11.9 Å². The Morgan fingerprint density at radius 3 is 2.92 bits per heavy atom. The molecule has 120 valence electrons. The molecule has 1 aromatic carbocycles. The molecule has 0 radical (unpaired) electrons. The molecule has 0 saturated carbocycles. The Labute approximate surface area is 138 Å². The molecule has 3 heterocycles. The fraction of sp³-hybridized carbons (Fsp3) is 0.176. The number of rotatable bonds is 5. The molecule has 0 fully saturated rings. The lowest BCUT2D eigenvalue weighted by Gasteiger charge is -2.13. The molecular weight excluding hydrogens is 302 g/mol. The maximum Gasteiger partial charge on any atom is 0.160 e. The van der Waals surface area contributed by atoms with Gasteiger partial charge in [-0.3, -0.25) is 9.78 Å². The Balaban J connectivity index is 1.51. The average Bonchev–Trinajstić information content (AvgIpc) is 3.25. The molecule has 7 nitrogen and oxygen atoms in total. The summed E-state index contributed by atoms with van der Waals surface area (Å²) in [4.78, 5) is 8.46. The molecule has 3 aromatic heterocycles. The van der Waals surface area contributed by atoms with Gasteiger partial charge in [0.05, 0.1) is 30.4 Å². The molecule has 1 atom stereocenters. The summed E-state index contributed by atoms with van der Waals surface area (Å²) in [6.07, 6.45) is 7.18. The van der Waals surface area contributed by atoms with Crippen LogP contribution in [0.2, 0.25) is 0 Å². The summed E-state index contributed by atoms with van der Waals surface area (Å²) >= 11 is 0. The van der Waals surface area contributed by atoms with Gasteiger partial charge in [0.1, 0.15) is 12.1 Å². The van der Waals surface area contributed by atoms with Crippen molar-refractivity contribution in [1.29, 1.82) is 0 Å². The van der Waals surface area contributed by atoms with Gasteiger partial charge >= 0.3 is 0 Å². The zero-order valence-electron chi connectivity index (χ0n) is 13.2. The van der Waals surface area contributed by atoms with Gasteiger partial charge in [-0.25, -0.2) is 9.97 Å². The van der Waals surface area contributed by atoms with Crippen LogP contribution < -0.4 is 5.32 Å². The van der Waals surface area contributed by atoms with Crippen LogP contribution in [0.25, 0.3) is 11.0 Å². The van der Waals surface area contributed by atoms with Crippen LogP contribution >= 0.6 is 0 Å². The highest BCUT2D eigenvalue weighted by molar-refractivity contribution is 5.85. The Bertz CT molecular complexity index is 942. The van der Waals surface area contributed by atoms with E-state index in [9.17, 15) is 0 Å². The third-order valence-corrected chi connectivity index (χ3v) is 3.94. The number of aromatic amines is 1. The number of H-pyrrole nitrogens is 1. The zero-order chi connectivity index (χ0) is 16.4. The number of nitrogens with zero attached hydrogens (tertiary/aromatic N) is 5. The summed E-state index contributed by atoms with van der Waals surface area (Å²) in [6, 6.07) is 10.4. The third kappa shape index (κ3) is 2.83. The molecule has 2 N–H and O–H groups in total. The molecule has 0 aliphatic rings. The quantitative estimate of drug-likeness (QED) is 0.591. The van der Waals surface area contributed by atoms with Gasteiger partial charge in [-0.2, -0.15) is 10.2 Å². The van der Waals surface area contributed by atoms with Crippen molar-refractivity contribution in [1.82, 2.24) is 29.9 Å². The van der Waals surface area contributed by atoms with E-state index in [4.69, 9.17) is 0 Å². The maximum absolute atomic E-state index is 4.45. The standard InChI is InChI=1S/C17H17N7/c1-12(22-16-15-8-20-23-17(15)19-11-18-16)14-7-21-24(10-14)9-13-5-3-2-4-6-13/h2-8,10-12H,9H2,1H3,(H2,18,19,20,22,23). The van der Waals surface area contributed by atoms with Crippen LogP contribution in [0.5, 0.6) is 0 Å². The first-order valence-electron chi connectivity index (χ1n) is 7.76. The molecule has 0 bridgehead atoms. The zero-order valence-corrected chi connectivity index (χ0v) is 13.2. The summed E-state index contributed by atoms with van der Waals surface area (Å²) in [5, 5.41) is 15.6. The minimum absolute atomic E-state index is 0.0718. The number of nitrogens with one attached hydrogen (secondary N) is 2. The lowest BCUT2D eigenvalue weighted by Crippen LogP contribution is -2.08. The highest BCUT2D eigenvalue weighted by Gasteiger charge is 2.12. The molecule has 0 spiro atoms. The van der Waals surface area contributed by atoms with E-state index in [0.717, 1.165) is 29.0 Å². The van der Waals surface area contributed by atoms with Crippen molar-refractivity contribution >= 4 is 16.9 Å². The summed E-state index contributed by atoms with van der Waals surface area (Å²) in [5.74, 6) is 0.761. The number of hydrogen-bond donors (Lipinski definition) is 2. The summed E-state index contributed by atoms with van der Waals surface area (Å²) in [6.45, 7) is 2.84. The van der Waals surface area contributed by atoms with Gasteiger partial charge in [0, 0.05) is 11.8 Å². The van der Waals surface area contributed by atoms with E-state index in [1.807, 2.05) is 29.1 Å². The molecule has 0 amide bonds. The topological polar surface area (TPSA) is 84.3 Å². The summed E-state index contributed by atoms with van der Waals surface area (Å²) in [7, 11) is 0. The van der Waals surface area contributed by atoms with Crippen molar-refractivity contribution < 1.29 is 0 Å². The number of benzene rings is 1. The van der Waals surface area contributed by atoms with Gasteiger partial charge in [-0.15, -0.1) is 0 Å². The average molecular weight is 319 g/mol. The Morgan fingerprint density at radius 1 is 1.17 bits per heavy atom. The van der Waals surface area contributed by atoms with Crippen molar-refractivity contribution in [3.63, 3.8) is 0 Å². The molecule has 0 aliphatic heterocycles. The smallest absolute Gasteiger partial charge is 0.160 e. The van der Waals surface area contributed by atoms with E-state index in [0.29, 0.717) is 0 Å². The minimum atomic E-state index is 0.0718. The van der Waals surface area contributed by atoms with Crippen molar-refractivity contribution in [3.05, 3.63) is 66.4 Å². The van der Waals surface area contributed by atoms with Gasteiger partial charge in [-0.1, -0.05) is 30.3 Å². The first-order valence-corrected chi connectivity index (χ1v) is 7.76. The Morgan fingerprint density at radius 2 is 2.04 bits per heavy atom. The SMILES string of the molecule is CC(Nc1ncnc2[nH]ncc12)c1cnn(Cc2ccccc2)c1. The van der Waals surface area contributed by atoms with E-state index in [2.05, 4.69) is 55.8 Å². The van der Waals surface area contributed by atoms with E-state index in [-0.39, 0.29) is 6.04 Å². The first-order chi connectivity index (χ1) is 11.8. The van der Waals surface area contributed by atoms with Crippen molar-refractivity contribution in [3.8, 4) is 0 Å². The molecule has 7 heteroatoms. The molecule has 1 unspecified atom stereocenters. The van der Waals surface area contributed by atoms with Gasteiger partial charge in [0.25, 0.3) is 0 Å². The predicted molar refractivity (Wildman–Crippen MR) is 91.5 cm³/mol. The molecular formula is C17H17N7. The van der Waals surface area contributed by atoms with Crippen LogP contribution in [0.3, 0.4) is 0 Å². The number of anilines is 1. The van der Waals surface area contributed by atoms with Crippen molar-refractivity contribution in [2.75, 3.05) is 5.32 Å². The minimum Gasteiger partial charge on any atom is -0.363 e. The molecule has 24 heavy (non-hydrogen) atoms. The fourth-order valence-electron chi connectivity index (χ4n) is 2.63. The molecule has 0 aliphatic carbocycles. The van der Waals surface area contributed by atoms with Crippen LogP contribution in [0.15, 0.2) is 55.2 Å². The van der Waals surface area contributed by atoms with Gasteiger partial charge in [-0.05, 0) is 12.5 Å². The van der Waals surface area contributed by atoms with E-state index < -0.39 is 0 Å². The molecule has 0 saturated heterocycles. The lowest BCUT2D eigenvalue weighted by atomic mass is 10.2. The highest BCUT2D eigenvalue weighted by Crippen LogP contribution is 2.22. The second-order valence-electron chi connectivity index (χ2n) is 5.68. The first kappa shape index (κ1) is 14.4. The van der Waals surface area contributed by atoms with Crippen LogP contribution in [-0.2, 0) is 6.54 Å². The van der Waals surface area contributed by atoms with Gasteiger partial charge in [0.15, 0.2) is 5.65 Å². The van der Waals surface area contributed by atoms with E-state index in [1.54, 1.807) is 6.20 Å². The van der Waals surface area contributed by atoms with Crippen LogP contribution in [0.1, 0.15) is 24.1 Å². The highest BCUT2D eigenvalue weighted by atomic mass is 15.3. The number of hydrogen-bond acceptors (Lipinski definition) is 5. The number of fused-ring (bicyclic) bond motifs is 1. The van der Waals surface area contributed by atoms with Crippen LogP contribution in [0.4, 0.5) is 5.82 Å². The largest absolute Gasteiger partial charge is 0.363 e. The van der Waals surface area contributed by atoms with Gasteiger partial charge in [0.2, 0.25) is 0 Å². The molecule has 4 rings (SSSR count). The maximum atomic E-state index is 4.45. The summed E-state index contributed by atoms with van der Waals surface area (Å²) in [5.41, 5.74) is 3.05. The van der Waals surface area contributed by atoms with Crippen molar-refractivity contribution in [2.45, 2.75) is 19.5 Å². The Hall–Kier alpha value is -3.22. The van der Waals surface area contributed by atoms with Crippen LogP contribution in [-0.4, -0.2) is 29.9 Å². The monoisotopic (exact) mass is 319 g/mol. The molecule has 4 aromatic rings. The number of aromatic nitrogens is 6. The lowest BCUT2D eigenvalue weighted by molar-refractivity contribution is 0.685. The van der Waals surface area contributed by atoms with E-state index >= 15 is 0 Å². The van der Waals surface area contributed by atoms with Gasteiger partial charge < -0.3 is 5.32 Å². The second kappa shape index (κ2) is 6.11. The Kier molecular flexibility index (Phi) is 3.66. The van der Waals surface area contributed by atoms with Crippen LogP contribution in [0, 0.1) is 0 Å². The second-order valence-corrected chi connectivity index (χ2v) is 5.68. The third-order valence-electron chi connectivity index (χ3n) is 3.94. The summed E-state index contributed by atoms with van der Waals surface area (Å²) < 4.78 is 1.94.